The smallest absolute Gasteiger partial charge is 0.171 e. The molecule has 3 rings (SSSR count). The van der Waals surface area contributed by atoms with Gasteiger partial charge in [-0.05, 0) is 18.2 Å². The van der Waals surface area contributed by atoms with Crippen molar-refractivity contribution in [2.24, 2.45) is 0 Å². The third-order valence-electron chi connectivity index (χ3n) is 3.20. The first-order valence-corrected chi connectivity index (χ1v) is 6.23. The van der Waals surface area contributed by atoms with Crippen LogP contribution in [0.3, 0.4) is 0 Å². The predicted molar refractivity (Wildman–Crippen MR) is 74.2 cm³/mol. The van der Waals surface area contributed by atoms with Crippen molar-refractivity contribution in [2.75, 3.05) is 7.11 Å². The number of ether oxygens (including phenoxy) is 1. The molecule has 0 aliphatic carbocycles. The summed E-state index contributed by atoms with van der Waals surface area (Å²) >= 11 is 0. The molecule has 0 atom stereocenters. The molecule has 0 aliphatic heterocycles. The predicted octanol–water partition coefficient (Wildman–Crippen LogP) is 2.14. The standard InChI is InChI=1S/C15H13N3O2/c1-20-13-7-3-2-5-11(13)9-14-16-17-15-12(10-19)6-4-8-18(14)15/h2-8,10H,9H2,1H3. The summed E-state index contributed by atoms with van der Waals surface area (Å²) in [6.45, 7) is 0. The Bertz CT molecular complexity index is 765. The number of para-hydroxylation sites is 1. The average molecular weight is 267 g/mol. The Morgan fingerprint density at radius 2 is 2.05 bits per heavy atom. The topological polar surface area (TPSA) is 56.5 Å². The van der Waals surface area contributed by atoms with Crippen LogP contribution in [-0.2, 0) is 6.42 Å². The highest BCUT2D eigenvalue weighted by Crippen LogP contribution is 2.20. The number of hydrogen-bond acceptors (Lipinski definition) is 4. The van der Waals surface area contributed by atoms with Crippen molar-refractivity contribution < 1.29 is 9.53 Å². The Kier molecular flexibility index (Phi) is 3.16. The number of carbonyl (C=O) groups is 1. The quantitative estimate of drug-likeness (QED) is 0.680. The number of aromatic nitrogens is 3. The lowest BCUT2D eigenvalue weighted by Gasteiger charge is -2.07. The molecule has 100 valence electrons. The van der Waals surface area contributed by atoms with Gasteiger partial charge in [0, 0.05) is 18.2 Å². The van der Waals surface area contributed by atoms with Gasteiger partial charge in [0.25, 0.3) is 0 Å². The van der Waals surface area contributed by atoms with E-state index < -0.39 is 0 Å². The lowest BCUT2D eigenvalue weighted by atomic mass is 10.1. The van der Waals surface area contributed by atoms with Crippen LogP contribution in [0, 0.1) is 0 Å². The SMILES string of the molecule is COc1ccccc1Cc1nnc2c(C=O)cccn12. The van der Waals surface area contributed by atoms with E-state index in [1.807, 2.05) is 40.9 Å². The Morgan fingerprint density at radius 1 is 1.20 bits per heavy atom. The summed E-state index contributed by atoms with van der Waals surface area (Å²) in [7, 11) is 1.64. The van der Waals surface area contributed by atoms with Gasteiger partial charge in [-0.15, -0.1) is 10.2 Å². The second-order valence-electron chi connectivity index (χ2n) is 4.38. The maximum atomic E-state index is 11.0. The second-order valence-corrected chi connectivity index (χ2v) is 4.38. The zero-order valence-electron chi connectivity index (χ0n) is 11.0. The Balaban J connectivity index is 2.05. The molecule has 0 N–H and O–H groups in total. The number of benzene rings is 1. The monoisotopic (exact) mass is 267 g/mol. The second kappa shape index (κ2) is 5.13. The molecule has 0 spiro atoms. The van der Waals surface area contributed by atoms with E-state index >= 15 is 0 Å². The summed E-state index contributed by atoms with van der Waals surface area (Å²) in [6.07, 6.45) is 3.23. The van der Waals surface area contributed by atoms with Crippen LogP contribution in [0.1, 0.15) is 21.7 Å². The first kappa shape index (κ1) is 12.3. The van der Waals surface area contributed by atoms with E-state index in [9.17, 15) is 4.79 Å². The van der Waals surface area contributed by atoms with Crippen molar-refractivity contribution in [3.63, 3.8) is 0 Å². The third-order valence-corrected chi connectivity index (χ3v) is 3.20. The van der Waals surface area contributed by atoms with Crippen LogP contribution in [0.2, 0.25) is 0 Å². The molecule has 0 aliphatic rings. The number of pyridine rings is 1. The van der Waals surface area contributed by atoms with Crippen LogP contribution in [-0.4, -0.2) is 28.0 Å². The van der Waals surface area contributed by atoms with E-state index in [1.54, 1.807) is 13.2 Å². The highest BCUT2D eigenvalue weighted by molar-refractivity contribution is 5.83. The fourth-order valence-electron chi connectivity index (χ4n) is 2.22. The van der Waals surface area contributed by atoms with E-state index in [4.69, 9.17) is 4.74 Å². The molecule has 0 fully saturated rings. The Morgan fingerprint density at radius 3 is 2.85 bits per heavy atom. The molecule has 0 saturated carbocycles. The third kappa shape index (κ3) is 2.03. The molecule has 3 aromatic rings. The van der Waals surface area contributed by atoms with E-state index in [2.05, 4.69) is 10.2 Å². The minimum atomic E-state index is 0.534. The lowest BCUT2D eigenvalue weighted by Crippen LogP contribution is -1.99. The van der Waals surface area contributed by atoms with Crippen molar-refractivity contribution in [1.82, 2.24) is 14.6 Å². The Hall–Kier alpha value is -2.69. The van der Waals surface area contributed by atoms with Crippen molar-refractivity contribution >= 4 is 11.9 Å². The molecule has 2 heterocycles. The van der Waals surface area contributed by atoms with Gasteiger partial charge in [-0.2, -0.15) is 0 Å². The summed E-state index contributed by atoms with van der Waals surface area (Å²) in [5, 5.41) is 8.26. The van der Waals surface area contributed by atoms with Crippen molar-refractivity contribution in [3.8, 4) is 5.75 Å². The molecule has 0 saturated heterocycles. The molecule has 0 unspecified atom stereocenters. The summed E-state index contributed by atoms with van der Waals surface area (Å²) < 4.78 is 7.17. The maximum Gasteiger partial charge on any atom is 0.171 e. The summed E-state index contributed by atoms with van der Waals surface area (Å²) in [5.41, 5.74) is 2.14. The van der Waals surface area contributed by atoms with Crippen molar-refractivity contribution in [3.05, 3.63) is 59.5 Å². The molecule has 20 heavy (non-hydrogen) atoms. The summed E-state index contributed by atoms with van der Waals surface area (Å²) in [6, 6.07) is 11.3. The highest BCUT2D eigenvalue weighted by Gasteiger charge is 2.11. The van der Waals surface area contributed by atoms with Crippen LogP contribution in [0.4, 0.5) is 0 Å². The number of hydrogen-bond donors (Lipinski definition) is 0. The van der Waals surface area contributed by atoms with Crippen LogP contribution in [0.15, 0.2) is 42.6 Å². The van der Waals surface area contributed by atoms with Gasteiger partial charge in [-0.25, -0.2) is 0 Å². The van der Waals surface area contributed by atoms with Crippen LogP contribution >= 0.6 is 0 Å². The first-order chi connectivity index (χ1) is 9.83. The molecule has 5 heteroatoms. The van der Waals surface area contributed by atoms with Crippen LogP contribution in [0.5, 0.6) is 5.75 Å². The van der Waals surface area contributed by atoms with Gasteiger partial charge in [0.2, 0.25) is 0 Å². The zero-order valence-corrected chi connectivity index (χ0v) is 11.0. The van der Waals surface area contributed by atoms with Gasteiger partial charge in [-0.3, -0.25) is 9.20 Å². The van der Waals surface area contributed by atoms with Crippen LogP contribution < -0.4 is 4.74 Å². The minimum Gasteiger partial charge on any atom is -0.496 e. The number of rotatable bonds is 4. The van der Waals surface area contributed by atoms with E-state index in [0.717, 1.165) is 23.4 Å². The van der Waals surface area contributed by atoms with E-state index in [-0.39, 0.29) is 0 Å². The minimum absolute atomic E-state index is 0.534. The van der Waals surface area contributed by atoms with E-state index in [0.29, 0.717) is 17.6 Å². The molecular formula is C15H13N3O2. The average Bonchev–Trinajstić information content (AvgIpc) is 2.91. The van der Waals surface area contributed by atoms with Crippen molar-refractivity contribution in [1.29, 1.82) is 0 Å². The molecule has 2 aromatic heterocycles. The molecule has 5 nitrogen and oxygen atoms in total. The fourth-order valence-corrected chi connectivity index (χ4v) is 2.22. The molecule has 1 aromatic carbocycles. The number of methoxy groups -OCH3 is 1. The summed E-state index contributed by atoms with van der Waals surface area (Å²) in [4.78, 5) is 11.0. The Labute approximate surface area is 115 Å². The fraction of sp³-hybridized carbons (Fsp3) is 0.133. The van der Waals surface area contributed by atoms with Crippen molar-refractivity contribution in [2.45, 2.75) is 6.42 Å². The van der Waals surface area contributed by atoms with Gasteiger partial charge < -0.3 is 4.74 Å². The maximum absolute atomic E-state index is 11.0. The molecule has 0 bridgehead atoms. The normalized spacial score (nSPS) is 10.7. The summed E-state index contributed by atoms with van der Waals surface area (Å²) in [5.74, 6) is 1.59. The number of fused-ring (bicyclic) bond motifs is 1. The number of nitrogens with zero attached hydrogens (tertiary/aromatic N) is 3. The van der Waals surface area contributed by atoms with Gasteiger partial charge in [0.1, 0.15) is 11.6 Å². The first-order valence-electron chi connectivity index (χ1n) is 6.23. The van der Waals surface area contributed by atoms with Crippen LogP contribution in [0.25, 0.3) is 5.65 Å². The largest absolute Gasteiger partial charge is 0.496 e. The number of aldehydes is 1. The molecular weight excluding hydrogens is 254 g/mol. The van der Waals surface area contributed by atoms with Gasteiger partial charge in [0.05, 0.1) is 12.7 Å². The number of carbonyl (C=O) groups excluding carboxylic acids is 1. The van der Waals surface area contributed by atoms with Gasteiger partial charge >= 0.3 is 0 Å². The lowest BCUT2D eigenvalue weighted by molar-refractivity contribution is 0.112. The zero-order chi connectivity index (χ0) is 13.9. The molecule has 0 amide bonds. The highest BCUT2D eigenvalue weighted by atomic mass is 16.5. The van der Waals surface area contributed by atoms with Gasteiger partial charge in [-0.1, -0.05) is 18.2 Å². The van der Waals surface area contributed by atoms with Gasteiger partial charge in [0.15, 0.2) is 11.9 Å². The van der Waals surface area contributed by atoms with E-state index in [1.165, 1.54) is 0 Å². The molecule has 0 radical (unpaired) electrons.